The van der Waals surface area contributed by atoms with Gasteiger partial charge >= 0.3 is 0 Å². The molecule has 1 atom stereocenters. The summed E-state index contributed by atoms with van der Waals surface area (Å²) in [6.07, 6.45) is 0. The summed E-state index contributed by atoms with van der Waals surface area (Å²) < 4.78 is 0. The van der Waals surface area contributed by atoms with E-state index in [9.17, 15) is 9.59 Å². The van der Waals surface area contributed by atoms with E-state index in [0.717, 1.165) is 16.5 Å². The van der Waals surface area contributed by atoms with Gasteiger partial charge < -0.3 is 16.0 Å². The first-order valence-corrected chi connectivity index (χ1v) is 8.54. The molecule has 134 valence electrons. The first-order valence-electron chi connectivity index (χ1n) is 8.54. The number of aromatic amines is 1. The molecule has 3 aromatic rings. The third kappa shape index (κ3) is 3.61. The van der Waals surface area contributed by atoms with E-state index in [1.54, 1.807) is 12.1 Å². The number of benzene rings is 2. The Hall–Kier alpha value is -3.08. The van der Waals surface area contributed by atoms with Crippen LogP contribution in [0, 0.1) is 5.41 Å². The lowest BCUT2D eigenvalue weighted by Crippen LogP contribution is -2.36. The van der Waals surface area contributed by atoms with Crippen LogP contribution in [-0.2, 0) is 0 Å². The lowest BCUT2D eigenvalue weighted by molar-refractivity contribution is 0.0896. The molecule has 0 aliphatic rings. The largest absolute Gasteiger partial charge is 0.366 e. The van der Waals surface area contributed by atoms with Crippen molar-refractivity contribution in [1.82, 2.24) is 10.3 Å². The van der Waals surface area contributed by atoms with Crippen molar-refractivity contribution in [3.05, 3.63) is 71.4 Å². The van der Waals surface area contributed by atoms with Gasteiger partial charge in [-0.05, 0) is 35.2 Å². The number of primary amides is 1. The molecule has 0 saturated heterocycles. The average molecular weight is 349 g/mol. The molecule has 1 aromatic heterocycles. The molecule has 5 heteroatoms. The van der Waals surface area contributed by atoms with E-state index in [4.69, 9.17) is 5.73 Å². The molecule has 1 unspecified atom stereocenters. The van der Waals surface area contributed by atoms with Crippen molar-refractivity contribution in [3.63, 3.8) is 0 Å². The maximum atomic E-state index is 12.8. The zero-order valence-corrected chi connectivity index (χ0v) is 15.2. The van der Waals surface area contributed by atoms with Crippen LogP contribution in [0.1, 0.15) is 53.2 Å². The van der Waals surface area contributed by atoms with Gasteiger partial charge in [-0.25, -0.2) is 0 Å². The predicted molar refractivity (Wildman–Crippen MR) is 103 cm³/mol. The van der Waals surface area contributed by atoms with Crippen molar-refractivity contribution < 1.29 is 9.59 Å². The number of fused-ring (bicyclic) bond motifs is 1. The Labute approximate surface area is 152 Å². The number of aromatic nitrogens is 1. The van der Waals surface area contributed by atoms with Crippen LogP contribution in [0.15, 0.2) is 54.6 Å². The van der Waals surface area contributed by atoms with Crippen molar-refractivity contribution >= 4 is 22.7 Å². The Morgan fingerprint density at radius 1 is 1.04 bits per heavy atom. The zero-order chi connectivity index (χ0) is 18.9. The fourth-order valence-corrected chi connectivity index (χ4v) is 3.04. The number of carbonyl (C=O) groups is 2. The summed E-state index contributed by atoms with van der Waals surface area (Å²) in [6, 6.07) is 16.4. The Balaban J connectivity index is 1.88. The Bertz CT molecular complexity index is 916. The highest BCUT2D eigenvalue weighted by molar-refractivity contribution is 5.98. The van der Waals surface area contributed by atoms with E-state index < -0.39 is 5.91 Å². The molecule has 2 aromatic carbocycles. The average Bonchev–Trinajstić information content (AvgIpc) is 3.03. The Kier molecular flexibility index (Phi) is 4.55. The summed E-state index contributed by atoms with van der Waals surface area (Å²) in [5, 5.41) is 4.11. The van der Waals surface area contributed by atoms with Gasteiger partial charge in [0.1, 0.15) is 5.69 Å². The van der Waals surface area contributed by atoms with Gasteiger partial charge in [-0.2, -0.15) is 0 Å². The number of H-pyrrole nitrogens is 1. The summed E-state index contributed by atoms with van der Waals surface area (Å²) in [4.78, 5) is 27.2. The molecule has 26 heavy (non-hydrogen) atoms. The minimum atomic E-state index is -0.467. The number of hydrogen-bond acceptors (Lipinski definition) is 2. The van der Waals surface area contributed by atoms with Crippen LogP contribution in [0.25, 0.3) is 10.9 Å². The molecule has 4 N–H and O–H groups in total. The molecule has 0 saturated carbocycles. The highest BCUT2D eigenvalue weighted by Gasteiger charge is 2.28. The summed E-state index contributed by atoms with van der Waals surface area (Å²) in [5.41, 5.74) is 7.91. The van der Waals surface area contributed by atoms with Gasteiger partial charge in [0.25, 0.3) is 5.91 Å². The first kappa shape index (κ1) is 17.7. The van der Waals surface area contributed by atoms with Crippen LogP contribution in [0.2, 0.25) is 0 Å². The molecule has 3 rings (SSSR count). The van der Waals surface area contributed by atoms with Crippen LogP contribution >= 0.6 is 0 Å². The second kappa shape index (κ2) is 6.67. The monoisotopic (exact) mass is 349 g/mol. The van der Waals surface area contributed by atoms with Crippen molar-refractivity contribution in [2.24, 2.45) is 11.1 Å². The van der Waals surface area contributed by atoms with Crippen molar-refractivity contribution in [1.29, 1.82) is 0 Å². The highest BCUT2D eigenvalue weighted by atomic mass is 16.2. The second-order valence-electron chi connectivity index (χ2n) is 7.53. The summed E-state index contributed by atoms with van der Waals surface area (Å²) in [5.74, 6) is -0.633. The zero-order valence-electron chi connectivity index (χ0n) is 15.2. The van der Waals surface area contributed by atoms with Crippen LogP contribution in [0.5, 0.6) is 0 Å². The fraction of sp³-hybridized carbons (Fsp3) is 0.238. The van der Waals surface area contributed by atoms with Gasteiger partial charge in [0.15, 0.2) is 0 Å². The van der Waals surface area contributed by atoms with Gasteiger partial charge in [-0.3, -0.25) is 9.59 Å². The number of carbonyl (C=O) groups excluding carboxylic acids is 2. The predicted octanol–water partition coefficient (Wildman–Crippen LogP) is 3.78. The fourth-order valence-electron chi connectivity index (χ4n) is 3.04. The van der Waals surface area contributed by atoms with Gasteiger partial charge in [-0.15, -0.1) is 0 Å². The first-order chi connectivity index (χ1) is 12.3. The summed E-state index contributed by atoms with van der Waals surface area (Å²) >= 11 is 0. The topological polar surface area (TPSA) is 88.0 Å². The minimum Gasteiger partial charge on any atom is -0.366 e. The number of nitrogens with one attached hydrogen (secondary N) is 2. The molecule has 0 fully saturated rings. The van der Waals surface area contributed by atoms with Gasteiger partial charge in [0.05, 0.1) is 6.04 Å². The molecular formula is C21H23N3O2. The molecule has 0 aliphatic heterocycles. The van der Waals surface area contributed by atoms with E-state index in [1.807, 2.05) is 42.5 Å². The normalized spacial score (nSPS) is 12.7. The van der Waals surface area contributed by atoms with Gasteiger partial charge in [0, 0.05) is 16.5 Å². The number of rotatable bonds is 4. The number of para-hydroxylation sites is 1. The van der Waals surface area contributed by atoms with Crippen LogP contribution < -0.4 is 11.1 Å². The molecule has 0 aliphatic carbocycles. The molecule has 0 spiro atoms. The summed E-state index contributed by atoms with van der Waals surface area (Å²) in [7, 11) is 0. The van der Waals surface area contributed by atoms with Crippen LogP contribution in [0.4, 0.5) is 0 Å². The van der Waals surface area contributed by atoms with Gasteiger partial charge in [-0.1, -0.05) is 51.1 Å². The van der Waals surface area contributed by atoms with E-state index in [2.05, 4.69) is 31.1 Å². The number of hydrogen-bond donors (Lipinski definition) is 3. The van der Waals surface area contributed by atoms with E-state index in [1.165, 1.54) is 0 Å². The third-order valence-electron chi connectivity index (χ3n) is 4.44. The molecular weight excluding hydrogens is 326 g/mol. The molecule has 1 heterocycles. The van der Waals surface area contributed by atoms with Crippen molar-refractivity contribution in [2.45, 2.75) is 26.8 Å². The number of amides is 2. The standard InChI is InChI=1S/C21H23N3O2/c1-21(2,3)18(13-8-10-14(11-9-13)19(22)25)24-20(26)17-12-15-6-4-5-7-16(15)23-17/h4-12,18,23H,1-3H3,(H2,22,25)(H,24,26). The molecule has 2 amide bonds. The third-order valence-corrected chi connectivity index (χ3v) is 4.44. The second-order valence-corrected chi connectivity index (χ2v) is 7.53. The quantitative estimate of drug-likeness (QED) is 0.669. The summed E-state index contributed by atoms with van der Waals surface area (Å²) in [6.45, 7) is 6.18. The Morgan fingerprint density at radius 3 is 2.27 bits per heavy atom. The maximum Gasteiger partial charge on any atom is 0.268 e. The smallest absolute Gasteiger partial charge is 0.268 e. The lowest BCUT2D eigenvalue weighted by Gasteiger charge is -2.32. The molecule has 0 bridgehead atoms. The number of nitrogens with two attached hydrogens (primary N) is 1. The van der Waals surface area contributed by atoms with Crippen molar-refractivity contribution in [2.75, 3.05) is 0 Å². The van der Waals surface area contributed by atoms with E-state index in [0.29, 0.717) is 11.3 Å². The SMILES string of the molecule is CC(C)(C)C(NC(=O)c1cc2ccccc2[nH]1)c1ccc(C(N)=O)cc1. The minimum absolute atomic E-state index is 0.167. The van der Waals surface area contributed by atoms with Crippen molar-refractivity contribution in [3.8, 4) is 0 Å². The van der Waals surface area contributed by atoms with Gasteiger partial charge in [0.2, 0.25) is 5.91 Å². The molecule has 5 nitrogen and oxygen atoms in total. The lowest BCUT2D eigenvalue weighted by atomic mass is 9.82. The Morgan fingerprint density at radius 2 is 1.69 bits per heavy atom. The van der Waals surface area contributed by atoms with E-state index in [-0.39, 0.29) is 17.4 Å². The van der Waals surface area contributed by atoms with Crippen LogP contribution in [0.3, 0.4) is 0 Å². The highest BCUT2D eigenvalue weighted by Crippen LogP contribution is 2.33. The van der Waals surface area contributed by atoms with E-state index >= 15 is 0 Å². The molecule has 0 radical (unpaired) electrons. The van der Waals surface area contributed by atoms with Crippen LogP contribution in [-0.4, -0.2) is 16.8 Å². The maximum absolute atomic E-state index is 12.8.